The van der Waals surface area contributed by atoms with E-state index >= 15 is 0 Å². The molecule has 0 saturated heterocycles. The van der Waals surface area contributed by atoms with Gasteiger partial charge in [0.25, 0.3) is 0 Å². The molecule has 0 aromatic heterocycles. The molecule has 0 radical (unpaired) electrons. The van der Waals surface area contributed by atoms with Crippen LogP contribution < -0.4 is 16.2 Å². The van der Waals surface area contributed by atoms with E-state index in [1.807, 2.05) is 0 Å². The van der Waals surface area contributed by atoms with Crippen molar-refractivity contribution >= 4 is 23.0 Å². The third kappa shape index (κ3) is 4.10. The second-order valence-electron chi connectivity index (χ2n) is 5.91. The molecule has 0 aliphatic heterocycles. The molecule has 0 bridgehead atoms. The largest absolute Gasteiger partial charge is 0.358 e. The molecule has 2 rings (SSSR count). The lowest BCUT2D eigenvalue weighted by atomic mass is 9.86. The van der Waals surface area contributed by atoms with Crippen molar-refractivity contribution in [2.24, 2.45) is 5.92 Å². The maximum Gasteiger partial charge on any atom is 0.185 e. The first-order valence-electron chi connectivity index (χ1n) is 7.46. The monoisotopic (exact) mass is 291 g/mol. The minimum absolute atomic E-state index is 0.504. The number of rotatable bonds is 3. The van der Waals surface area contributed by atoms with Gasteiger partial charge in [0, 0.05) is 6.04 Å². The molecule has 1 saturated carbocycles. The summed E-state index contributed by atoms with van der Waals surface area (Å²) in [5.74, 6) is 0.699. The van der Waals surface area contributed by atoms with Gasteiger partial charge in [-0.15, -0.1) is 0 Å². The molecule has 1 aromatic rings. The third-order valence-electron chi connectivity index (χ3n) is 4.12. The molecule has 3 nitrogen and oxygen atoms in total. The van der Waals surface area contributed by atoms with Crippen molar-refractivity contribution in [3.05, 3.63) is 29.3 Å². The number of hydrazine groups is 1. The molecular weight excluding hydrogens is 266 g/mol. The number of thiocarbonyl (C=S) groups is 1. The van der Waals surface area contributed by atoms with E-state index in [2.05, 4.69) is 55.1 Å². The summed E-state index contributed by atoms with van der Waals surface area (Å²) >= 11 is 5.37. The van der Waals surface area contributed by atoms with Crippen molar-refractivity contribution in [1.29, 1.82) is 0 Å². The molecule has 1 aliphatic carbocycles. The van der Waals surface area contributed by atoms with Crippen LogP contribution in [-0.2, 0) is 0 Å². The highest BCUT2D eigenvalue weighted by Crippen LogP contribution is 2.23. The molecule has 2 atom stereocenters. The van der Waals surface area contributed by atoms with Gasteiger partial charge in [-0.1, -0.05) is 37.5 Å². The van der Waals surface area contributed by atoms with E-state index in [4.69, 9.17) is 12.2 Å². The lowest BCUT2D eigenvalue weighted by Gasteiger charge is -2.30. The van der Waals surface area contributed by atoms with Gasteiger partial charge in [-0.2, -0.15) is 0 Å². The fourth-order valence-corrected chi connectivity index (χ4v) is 3.02. The van der Waals surface area contributed by atoms with Gasteiger partial charge in [0.05, 0.1) is 5.69 Å². The molecule has 1 fully saturated rings. The highest BCUT2D eigenvalue weighted by atomic mass is 32.1. The molecule has 20 heavy (non-hydrogen) atoms. The number of aryl methyl sites for hydroxylation is 2. The number of nitrogens with one attached hydrogen (secondary N) is 3. The Morgan fingerprint density at radius 1 is 1.20 bits per heavy atom. The maximum atomic E-state index is 5.37. The molecule has 1 aromatic carbocycles. The van der Waals surface area contributed by atoms with Crippen molar-refractivity contribution < 1.29 is 0 Å². The molecule has 110 valence electrons. The Balaban J connectivity index is 1.82. The van der Waals surface area contributed by atoms with Gasteiger partial charge in [0.1, 0.15) is 0 Å². The fraction of sp³-hybridized carbons (Fsp3) is 0.562. The normalized spacial score (nSPS) is 22.1. The predicted octanol–water partition coefficient (Wildman–Crippen LogP) is 3.67. The number of benzene rings is 1. The van der Waals surface area contributed by atoms with Gasteiger partial charge in [-0.3, -0.25) is 10.9 Å². The van der Waals surface area contributed by atoms with Gasteiger partial charge in [0.2, 0.25) is 0 Å². The summed E-state index contributed by atoms with van der Waals surface area (Å²) in [6.45, 7) is 6.49. The van der Waals surface area contributed by atoms with Crippen LogP contribution in [0.2, 0.25) is 0 Å². The zero-order chi connectivity index (χ0) is 14.5. The Labute approximate surface area is 127 Å². The van der Waals surface area contributed by atoms with Gasteiger partial charge >= 0.3 is 0 Å². The standard InChI is InChI=1S/C16H25N3S/c1-11-8-9-15(13(3)10-11)18-19-16(20)17-14-7-5-4-6-12(14)2/h8-10,12,14,18H,4-7H2,1-3H3,(H2,17,19,20)/t12-,14-/m0/s1. The van der Waals surface area contributed by atoms with Gasteiger partial charge in [-0.25, -0.2) is 0 Å². The van der Waals surface area contributed by atoms with Crippen LogP contribution in [0.15, 0.2) is 18.2 Å². The van der Waals surface area contributed by atoms with Crippen molar-refractivity contribution in [3.8, 4) is 0 Å². The van der Waals surface area contributed by atoms with E-state index in [1.54, 1.807) is 0 Å². The highest BCUT2D eigenvalue weighted by Gasteiger charge is 2.21. The highest BCUT2D eigenvalue weighted by molar-refractivity contribution is 7.80. The van der Waals surface area contributed by atoms with Gasteiger partial charge < -0.3 is 5.32 Å². The van der Waals surface area contributed by atoms with Crippen LogP contribution >= 0.6 is 12.2 Å². The first-order valence-corrected chi connectivity index (χ1v) is 7.87. The smallest absolute Gasteiger partial charge is 0.185 e. The summed E-state index contributed by atoms with van der Waals surface area (Å²) in [5.41, 5.74) is 9.84. The predicted molar refractivity (Wildman–Crippen MR) is 89.8 cm³/mol. The fourth-order valence-electron chi connectivity index (χ4n) is 2.81. The van der Waals surface area contributed by atoms with Crippen molar-refractivity contribution in [2.75, 3.05) is 5.43 Å². The Bertz CT molecular complexity index is 473. The van der Waals surface area contributed by atoms with Crippen LogP contribution in [-0.4, -0.2) is 11.2 Å². The van der Waals surface area contributed by atoms with E-state index in [0.29, 0.717) is 17.1 Å². The summed E-state index contributed by atoms with van der Waals surface area (Å²) in [5, 5.41) is 4.11. The topological polar surface area (TPSA) is 36.1 Å². The lowest BCUT2D eigenvalue weighted by molar-refractivity contribution is 0.308. The SMILES string of the molecule is Cc1ccc(NNC(=S)N[C@H]2CCCC[C@@H]2C)c(C)c1. The summed E-state index contributed by atoms with van der Waals surface area (Å²) in [6.07, 6.45) is 5.16. The summed E-state index contributed by atoms with van der Waals surface area (Å²) < 4.78 is 0. The quantitative estimate of drug-likeness (QED) is 0.586. The zero-order valence-electron chi connectivity index (χ0n) is 12.6. The molecule has 0 heterocycles. The molecular formula is C16H25N3S. The Kier molecular flexibility index (Phi) is 5.24. The minimum Gasteiger partial charge on any atom is -0.358 e. The average molecular weight is 291 g/mol. The third-order valence-corrected chi connectivity index (χ3v) is 4.34. The number of hydrogen-bond acceptors (Lipinski definition) is 2. The van der Waals surface area contributed by atoms with Crippen LogP contribution in [0.1, 0.15) is 43.7 Å². The van der Waals surface area contributed by atoms with Crippen LogP contribution in [0.5, 0.6) is 0 Å². The summed E-state index contributed by atoms with van der Waals surface area (Å²) in [4.78, 5) is 0. The zero-order valence-corrected chi connectivity index (χ0v) is 13.4. The second kappa shape index (κ2) is 6.93. The van der Waals surface area contributed by atoms with Crippen LogP contribution in [0.4, 0.5) is 5.69 Å². The van der Waals surface area contributed by atoms with Crippen LogP contribution in [0.3, 0.4) is 0 Å². The summed E-state index contributed by atoms with van der Waals surface area (Å²) in [7, 11) is 0. The van der Waals surface area contributed by atoms with Gasteiger partial charge in [0.15, 0.2) is 5.11 Å². The molecule has 0 spiro atoms. The summed E-state index contributed by atoms with van der Waals surface area (Å²) in [6, 6.07) is 6.83. The second-order valence-corrected chi connectivity index (χ2v) is 6.32. The minimum atomic E-state index is 0.504. The average Bonchev–Trinajstić information content (AvgIpc) is 2.40. The van der Waals surface area contributed by atoms with E-state index in [9.17, 15) is 0 Å². The van der Waals surface area contributed by atoms with Gasteiger partial charge in [-0.05, 0) is 56.5 Å². The molecule has 0 amide bonds. The number of anilines is 1. The number of hydrogen-bond donors (Lipinski definition) is 3. The molecule has 4 heteroatoms. The first-order chi connectivity index (χ1) is 9.56. The Morgan fingerprint density at radius 3 is 2.65 bits per heavy atom. The van der Waals surface area contributed by atoms with Crippen molar-refractivity contribution in [2.45, 2.75) is 52.5 Å². The molecule has 0 unspecified atom stereocenters. The Morgan fingerprint density at radius 2 is 1.95 bits per heavy atom. The van der Waals surface area contributed by atoms with Crippen molar-refractivity contribution in [1.82, 2.24) is 10.7 Å². The van der Waals surface area contributed by atoms with Crippen LogP contribution in [0, 0.1) is 19.8 Å². The van der Waals surface area contributed by atoms with E-state index in [1.165, 1.54) is 36.8 Å². The van der Waals surface area contributed by atoms with E-state index < -0.39 is 0 Å². The Hall–Kier alpha value is -1.29. The van der Waals surface area contributed by atoms with E-state index in [0.717, 1.165) is 5.69 Å². The van der Waals surface area contributed by atoms with Crippen LogP contribution in [0.25, 0.3) is 0 Å². The maximum absolute atomic E-state index is 5.37. The first kappa shape index (κ1) is 15.1. The molecule has 1 aliphatic rings. The molecule has 3 N–H and O–H groups in total. The lowest BCUT2D eigenvalue weighted by Crippen LogP contribution is -2.47. The van der Waals surface area contributed by atoms with E-state index in [-0.39, 0.29) is 0 Å². The van der Waals surface area contributed by atoms with Crippen molar-refractivity contribution in [3.63, 3.8) is 0 Å².